The van der Waals surface area contributed by atoms with E-state index >= 15 is 0 Å². The number of fused-ring (bicyclic) bond motifs is 1. The lowest BCUT2D eigenvalue weighted by Gasteiger charge is -2.04. The van der Waals surface area contributed by atoms with Gasteiger partial charge in [-0.3, -0.25) is 4.79 Å². The molecule has 0 unspecified atom stereocenters. The largest absolute Gasteiger partial charge is 0.310 e. The molecule has 0 saturated heterocycles. The highest BCUT2D eigenvalue weighted by atomic mass is 16.1. The molecule has 2 heterocycles. The van der Waals surface area contributed by atoms with Gasteiger partial charge in [-0.05, 0) is 18.1 Å². The number of aromatic amines is 1. The molecule has 0 spiro atoms. The first-order valence-electron chi connectivity index (χ1n) is 5.00. The molecule has 4 nitrogen and oxygen atoms in total. The number of pyridine rings is 1. The van der Waals surface area contributed by atoms with Crippen molar-refractivity contribution in [3.63, 3.8) is 0 Å². The van der Waals surface area contributed by atoms with Crippen LogP contribution in [0.3, 0.4) is 0 Å². The molecule has 0 bridgehead atoms. The Hall–Kier alpha value is -1.71. The minimum Gasteiger partial charge on any atom is -0.310 e. The molecule has 15 heavy (non-hydrogen) atoms. The molecule has 2 rings (SSSR count). The standard InChI is InChI=1S/C11H13N3O/c1-7(2)6-9-13-10-8(11(15)14-9)4-3-5-12-10/h3-5,7H,6H2,1-2H3,(H,12,13,14,15). The summed E-state index contributed by atoms with van der Waals surface area (Å²) in [6.45, 7) is 4.17. The summed E-state index contributed by atoms with van der Waals surface area (Å²) < 4.78 is 0. The fourth-order valence-electron chi connectivity index (χ4n) is 1.50. The summed E-state index contributed by atoms with van der Waals surface area (Å²) in [5, 5.41) is 0.546. The van der Waals surface area contributed by atoms with Gasteiger partial charge in [-0.25, -0.2) is 9.97 Å². The first kappa shape index (κ1) is 9.83. The number of H-pyrrole nitrogens is 1. The Bertz CT molecular complexity index is 531. The lowest BCUT2D eigenvalue weighted by molar-refractivity contribution is 0.621. The average Bonchev–Trinajstić information content (AvgIpc) is 2.16. The predicted molar refractivity (Wildman–Crippen MR) is 58.7 cm³/mol. The van der Waals surface area contributed by atoms with Gasteiger partial charge in [-0.2, -0.15) is 0 Å². The third-order valence-corrected chi connectivity index (χ3v) is 2.13. The summed E-state index contributed by atoms with van der Waals surface area (Å²) in [6, 6.07) is 3.47. The zero-order valence-electron chi connectivity index (χ0n) is 8.82. The molecule has 0 aromatic carbocycles. The average molecular weight is 203 g/mol. The van der Waals surface area contributed by atoms with Crippen LogP contribution >= 0.6 is 0 Å². The maximum Gasteiger partial charge on any atom is 0.260 e. The Morgan fingerprint density at radius 2 is 2.27 bits per heavy atom. The highest BCUT2D eigenvalue weighted by Gasteiger charge is 2.05. The van der Waals surface area contributed by atoms with Gasteiger partial charge in [0.05, 0.1) is 5.39 Å². The van der Waals surface area contributed by atoms with Gasteiger partial charge in [-0.15, -0.1) is 0 Å². The summed E-state index contributed by atoms with van der Waals surface area (Å²) >= 11 is 0. The third-order valence-electron chi connectivity index (χ3n) is 2.13. The molecule has 0 saturated carbocycles. The van der Waals surface area contributed by atoms with Gasteiger partial charge in [0.1, 0.15) is 5.82 Å². The smallest absolute Gasteiger partial charge is 0.260 e. The lowest BCUT2D eigenvalue weighted by atomic mass is 10.1. The number of hydrogen-bond donors (Lipinski definition) is 1. The summed E-state index contributed by atoms with van der Waals surface area (Å²) in [4.78, 5) is 22.8. The van der Waals surface area contributed by atoms with Crippen LogP contribution in [0.15, 0.2) is 23.1 Å². The van der Waals surface area contributed by atoms with Crippen molar-refractivity contribution in [3.8, 4) is 0 Å². The van der Waals surface area contributed by atoms with Gasteiger partial charge in [0.15, 0.2) is 5.65 Å². The first-order chi connectivity index (χ1) is 7.16. The maximum absolute atomic E-state index is 11.6. The Labute approximate surface area is 87.4 Å². The molecule has 0 atom stereocenters. The number of rotatable bonds is 2. The van der Waals surface area contributed by atoms with E-state index in [1.165, 1.54) is 0 Å². The lowest BCUT2D eigenvalue weighted by Crippen LogP contribution is -2.13. The van der Waals surface area contributed by atoms with Crippen molar-refractivity contribution < 1.29 is 0 Å². The van der Waals surface area contributed by atoms with Crippen molar-refractivity contribution >= 4 is 11.0 Å². The van der Waals surface area contributed by atoms with E-state index < -0.39 is 0 Å². The van der Waals surface area contributed by atoms with Gasteiger partial charge < -0.3 is 4.98 Å². The minimum atomic E-state index is -0.108. The SMILES string of the molecule is CC(C)Cc1nc2ncccc2c(=O)[nH]1. The maximum atomic E-state index is 11.6. The van der Waals surface area contributed by atoms with Crippen LogP contribution in [0.1, 0.15) is 19.7 Å². The summed E-state index contributed by atoms with van der Waals surface area (Å²) in [5.74, 6) is 1.18. The van der Waals surface area contributed by atoms with Crippen LogP contribution in [-0.2, 0) is 6.42 Å². The Balaban J connectivity index is 2.57. The predicted octanol–water partition coefficient (Wildman–Crippen LogP) is 1.52. The van der Waals surface area contributed by atoms with Crippen molar-refractivity contribution in [1.82, 2.24) is 15.0 Å². The number of nitrogens with one attached hydrogen (secondary N) is 1. The van der Waals surface area contributed by atoms with E-state index in [2.05, 4.69) is 28.8 Å². The van der Waals surface area contributed by atoms with Crippen molar-refractivity contribution in [2.45, 2.75) is 20.3 Å². The van der Waals surface area contributed by atoms with Crippen LogP contribution in [0.4, 0.5) is 0 Å². The number of aromatic nitrogens is 3. The van der Waals surface area contributed by atoms with E-state index in [0.717, 1.165) is 6.42 Å². The molecule has 0 aliphatic rings. The van der Waals surface area contributed by atoms with Crippen LogP contribution in [0.25, 0.3) is 11.0 Å². The van der Waals surface area contributed by atoms with Crippen LogP contribution in [0, 0.1) is 5.92 Å². The van der Waals surface area contributed by atoms with Crippen molar-refractivity contribution in [2.75, 3.05) is 0 Å². The van der Waals surface area contributed by atoms with E-state index in [-0.39, 0.29) is 5.56 Å². The van der Waals surface area contributed by atoms with Crippen LogP contribution in [0.2, 0.25) is 0 Å². The second-order valence-corrected chi connectivity index (χ2v) is 3.99. The topological polar surface area (TPSA) is 58.6 Å². The highest BCUT2D eigenvalue weighted by molar-refractivity contribution is 5.72. The van der Waals surface area contributed by atoms with Crippen molar-refractivity contribution in [3.05, 3.63) is 34.5 Å². The van der Waals surface area contributed by atoms with Gasteiger partial charge >= 0.3 is 0 Å². The van der Waals surface area contributed by atoms with E-state index in [0.29, 0.717) is 22.8 Å². The molecule has 0 radical (unpaired) electrons. The Morgan fingerprint density at radius 3 is 3.00 bits per heavy atom. The number of hydrogen-bond acceptors (Lipinski definition) is 3. The van der Waals surface area contributed by atoms with Gasteiger partial charge in [0, 0.05) is 12.6 Å². The normalized spacial score (nSPS) is 11.1. The molecule has 2 aromatic heterocycles. The molecule has 4 heteroatoms. The molecule has 0 aliphatic carbocycles. The number of nitrogens with zero attached hydrogens (tertiary/aromatic N) is 2. The fourth-order valence-corrected chi connectivity index (χ4v) is 1.50. The Morgan fingerprint density at radius 1 is 1.47 bits per heavy atom. The van der Waals surface area contributed by atoms with Crippen molar-refractivity contribution in [2.24, 2.45) is 5.92 Å². The van der Waals surface area contributed by atoms with Crippen LogP contribution in [-0.4, -0.2) is 15.0 Å². The second kappa shape index (κ2) is 3.81. The van der Waals surface area contributed by atoms with Gasteiger partial charge in [0.2, 0.25) is 0 Å². The first-order valence-corrected chi connectivity index (χ1v) is 5.00. The summed E-state index contributed by atoms with van der Waals surface area (Å²) in [7, 11) is 0. The monoisotopic (exact) mass is 203 g/mol. The van der Waals surface area contributed by atoms with E-state index in [1.54, 1.807) is 18.3 Å². The zero-order chi connectivity index (χ0) is 10.8. The van der Waals surface area contributed by atoms with Crippen LogP contribution in [0.5, 0.6) is 0 Å². The molecule has 0 aliphatic heterocycles. The van der Waals surface area contributed by atoms with E-state index in [4.69, 9.17) is 0 Å². The fraction of sp³-hybridized carbons (Fsp3) is 0.364. The molecular weight excluding hydrogens is 190 g/mol. The van der Waals surface area contributed by atoms with Gasteiger partial charge in [0.25, 0.3) is 5.56 Å². The summed E-state index contributed by atoms with van der Waals surface area (Å²) in [6.07, 6.45) is 2.41. The van der Waals surface area contributed by atoms with Crippen molar-refractivity contribution in [1.29, 1.82) is 0 Å². The van der Waals surface area contributed by atoms with Gasteiger partial charge in [-0.1, -0.05) is 13.8 Å². The molecule has 0 amide bonds. The molecule has 0 fully saturated rings. The molecular formula is C11H13N3O. The quantitative estimate of drug-likeness (QED) is 0.805. The second-order valence-electron chi connectivity index (χ2n) is 3.99. The van der Waals surface area contributed by atoms with Crippen LogP contribution < -0.4 is 5.56 Å². The molecule has 2 aromatic rings. The van der Waals surface area contributed by atoms with E-state index in [9.17, 15) is 4.79 Å². The van der Waals surface area contributed by atoms with E-state index in [1.807, 2.05) is 0 Å². The highest BCUT2D eigenvalue weighted by Crippen LogP contribution is 2.05. The zero-order valence-corrected chi connectivity index (χ0v) is 8.82. The third kappa shape index (κ3) is 2.03. The Kier molecular flexibility index (Phi) is 2.49. The summed E-state index contributed by atoms with van der Waals surface area (Å²) in [5.41, 5.74) is 0.417. The molecule has 78 valence electrons. The molecule has 1 N–H and O–H groups in total. The minimum absolute atomic E-state index is 0.108.